The zero-order valence-corrected chi connectivity index (χ0v) is 16.6. The highest BCUT2D eigenvalue weighted by Gasteiger charge is 2.27. The number of aryl methyl sites for hydroxylation is 1. The van der Waals surface area contributed by atoms with Gasteiger partial charge in [0.1, 0.15) is 0 Å². The van der Waals surface area contributed by atoms with Gasteiger partial charge in [0.15, 0.2) is 5.69 Å². The summed E-state index contributed by atoms with van der Waals surface area (Å²) in [6.45, 7) is 4.12. The molecule has 29 heavy (non-hydrogen) atoms. The van der Waals surface area contributed by atoms with E-state index in [1.165, 1.54) is 0 Å². The molecule has 6 heteroatoms. The molecule has 1 atom stereocenters. The van der Waals surface area contributed by atoms with E-state index in [9.17, 15) is 9.90 Å². The number of hydrogen-bond acceptors (Lipinski definition) is 4. The molecule has 4 rings (SSSR count). The van der Waals surface area contributed by atoms with Crippen LogP contribution in [0.1, 0.15) is 44.5 Å². The monoisotopic (exact) mass is 390 g/mol. The van der Waals surface area contributed by atoms with Gasteiger partial charge < -0.3 is 15.3 Å². The highest BCUT2D eigenvalue weighted by atomic mass is 16.3. The van der Waals surface area contributed by atoms with E-state index >= 15 is 0 Å². The summed E-state index contributed by atoms with van der Waals surface area (Å²) in [7, 11) is 0. The highest BCUT2D eigenvalue weighted by molar-refractivity contribution is 5.94. The molecule has 3 aromatic rings. The number of rotatable bonds is 6. The molecule has 0 bridgehead atoms. The van der Waals surface area contributed by atoms with Gasteiger partial charge >= 0.3 is 0 Å². The lowest BCUT2D eigenvalue weighted by Crippen LogP contribution is -2.36. The highest BCUT2D eigenvalue weighted by Crippen LogP contribution is 2.22. The summed E-state index contributed by atoms with van der Waals surface area (Å²) >= 11 is 0. The maximum atomic E-state index is 13.4. The number of hydrogen-bond donors (Lipinski definition) is 3. The summed E-state index contributed by atoms with van der Waals surface area (Å²) in [5.74, 6) is -0.165. The summed E-state index contributed by atoms with van der Waals surface area (Å²) in [6.07, 6.45) is 0.0655. The third kappa shape index (κ3) is 4.39. The number of fused-ring (bicyclic) bond motifs is 1. The van der Waals surface area contributed by atoms with Gasteiger partial charge in [-0.3, -0.25) is 9.89 Å². The van der Waals surface area contributed by atoms with Crippen molar-refractivity contribution in [3.63, 3.8) is 0 Å². The largest absolute Gasteiger partial charge is 0.387 e. The molecule has 3 N–H and O–H groups in total. The number of aliphatic hydroxyl groups is 1. The Bertz CT molecular complexity index is 984. The number of aromatic amines is 1. The van der Waals surface area contributed by atoms with Crippen molar-refractivity contribution in [2.45, 2.75) is 32.5 Å². The minimum Gasteiger partial charge on any atom is -0.387 e. The van der Waals surface area contributed by atoms with E-state index < -0.39 is 6.10 Å². The van der Waals surface area contributed by atoms with Crippen molar-refractivity contribution in [2.24, 2.45) is 0 Å². The van der Waals surface area contributed by atoms with Gasteiger partial charge in [-0.25, -0.2) is 0 Å². The van der Waals surface area contributed by atoms with Gasteiger partial charge in [0, 0.05) is 37.3 Å². The number of carbonyl (C=O) groups is 1. The normalized spacial score (nSPS) is 14.3. The first-order chi connectivity index (χ1) is 14.1. The quantitative estimate of drug-likeness (QED) is 0.605. The lowest BCUT2D eigenvalue weighted by atomic mass is 10.0. The fourth-order valence-corrected chi connectivity index (χ4v) is 3.77. The van der Waals surface area contributed by atoms with Crippen LogP contribution in [-0.2, 0) is 19.5 Å². The second-order valence-electron chi connectivity index (χ2n) is 7.56. The van der Waals surface area contributed by atoms with E-state index in [1.807, 2.05) is 61.5 Å². The van der Waals surface area contributed by atoms with Crippen molar-refractivity contribution in [3.8, 4) is 0 Å². The van der Waals surface area contributed by atoms with Crippen molar-refractivity contribution in [3.05, 3.63) is 88.2 Å². The van der Waals surface area contributed by atoms with Crippen LogP contribution < -0.4 is 5.32 Å². The average molecular weight is 390 g/mol. The van der Waals surface area contributed by atoms with E-state index in [0.717, 1.165) is 40.9 Å². The van der Waals surface area contributed by atoms with E-state index in [4.69, 9.17) is 0 Å². The van der Waals surface area contributed by atoms with Crippen LogP contribution in [-0.4, -0.2) is 39.2 Å². The molecule has 2 aromatic carbocycles. The standard InChI is InChI=1S/C23H26N4O2/c1-16-6-5-9-18(12-16)21(28)15-27(14-17-7-3-2-4-8-17)23(29)22-19-13-24-11-10-20(19)25-26-22/h2-9,12,21,24,28H,10-11,13-15H2,1H3,(H,25,26). The van der Waals surface area contributed by atoms with Crippen LogP contribution in [0.4, 0.5) is 0 Å². The summed E-state index contributed by atoms with van der Waals surface area (Å²) in [5, 5.41) is 21.5. The first kappa shape index (κ1) is 19.4. The molecule has 1 aliphatic rings. The van der Waals surface area contributed by atoms with Gasteiger partial charge in [-0.1, -0.05) is 60.2 Å². The second kappa shape index (κ2) is 8.59. The average Bonchev–Trinajstić information content (AvgIpc) is 3.17. The molecule has 0 radical (unpaired) electrons. The number of H-pyrrole nitrogens is 1. The first-order valence-electron chi connectivity index (χ1n) is 9.96. The lowest BCUT2D eigenvalue weighted by Gasteiger charge is -2.26. The molecule has 6 nitrogen and oxygen atoms in total. The van der Waals surface area contributed by atoms with Crippen LogP contribution in [0.2, 0.25) is 0 Å². The van der Waals surface area contributed by atoms with E-state index in [-0.39, 0.29) is 12.5 Å². The maximum Gasteiger partial charge on any atom is 0.275 e. The molecule has 1 amide bonds. The molecule has 1 unspecified atom stereocenters. The minimum absolute atomic E-state index is 0.165. The van der Waals surface area contributed by atoms with Crippen molar-refractivity contribution in [1.82, 2.24) is 20.4 Å². The molecule has 2 heterocycles. The molecule has 0 saturated carbocycles. The molecule has 0 fully saturated rings. The Balaban J connectivity index is 1.61. The Labute approximate surface area is 170 Å². The summed E-state index contributed by atoms with van der Waals surface area (Å²) in [6, 6.07) is 17.6. The lowest BCUT2D eigenvalue weighted by molar-refractivity contribution is 0.0597. The predicted molar refractivity (Wildman–Crippen MR) is 111 cm³/mol. The van der Waals surface area contributed by atoms with Gasteiger partial charge in [0.2, 0.25) is 0 Å². The van der Waals surface area contributed by atoms with Gasteiger partial charge in [0.25, 0.3) is 5.91 Å². The van der Waals surface area contributed by atoms with Gasteiger partial charge in [-0.15, -0.1) is 0 Å². The first-order valence-corrected chi connectivity index (χ1v) is 9.96. The van der Waals surface area contributed by atoms with Gasteiger partial charge in [0.05, 0.1) is 12.6 Å². The maximum absolute atomic E-state index is 13.4. The summed E-state index contributed by atoms with van der Waals surface area (Å²) in [4.78, 5) is 15.1. The van der Waals surface area contributed by atoms with Gasteiger partial charge in [-0.05, 0) is 18.1 Å². The number of benzene rings is 2. The predicted octanol–water partition coefficient (Wildman–Crippen LogP) is 2.74. The van der Waals surface area contributed by atoms with Crippen LogP contribution in [0.5, 0.6) is 0 Å². The molecular formula is C23H26N4O2. The molecule has 150 valence electrons. The number of carbonyl (C=O) groups excluding carboxylic acids is 1. The van der Waals surface area contributed by atoms with Crippen molar-refractivity contribution in [2.75, 3.05) is 13.1 Å². The number of nitrogens with zero attached hydrogens (tertiary/aromatic N) is 2. The molecule has 0 saturated heterocycles. The second-order valence-corrected chi connectivity index (χ2v) is 7.56. The van der Waals surface area contributed by atoms with E-state index in [1.54, 1.807) is 4.90 Å². The van der Waals surface area contributed by atoms with Crippen LogP contribution in [0.25, 0.3) is 0 Å². The number of amides is 1. The Morgan fingerprint density at radius 2 is 2.03 bits per heavy atom. The third-order valence-electron chi connectivity index (χ3n) is 5.33. The van der Waals surface area contributed by atoms with Crippen molar-refractivity contribution >= 4 is 5.91 Å². The van der Waals surface area contributed by atoms with E-state index in [0.29, 0.717) is 18.8 Å². The fourth-order valence-electron chi connectivity index (χ4n) is 3.77. The Hall–Kier alpha value is -2.96. The molecule has 1 aliphatic heterocycles. The number of nitrogens with one attached hydrogen (secondary N) is 2. The van der Waals surface area contributed by atoms with Crippen LogP contribution in [0, 0.1) is 6.92 Å². The topological polar surface area (TPSA) is 81.2 Å². The minimum atomic E-state index is -0.768. The van der Waals surface area contributed by atoms with E-state index in [2.05, 4.69) is 15.5 Å². The Morgan fingerprint density at radius 3 is 2.83 bits per heavy atom. The smallest absolute Gasteiger partial charge is 0.275 e. The summed E-state index contributed by atoms with van der Waals surface area (Å²) < 4.78 is 0. The fraction of sp³-hybridized carbons (Fsp3) is 0.304. The van der Waals surface area contributed by atoms with Gasteiger partial charge in [-0.2, -0.15) is 5.10 Å². The SMILES string of the molecule is Cc1cccc(C(O)CN(Cc2ccccc2)C(=O)c2n[nH]c3c2CNCC3)c1. The van der Waals surface area contributed by atoms with Crippen molar-refractivity contribution in [1.29, 1.82) is 0 Å². The van der Waals surface area contributed by atoms with Crippen LogP contribution in [0.3, 0.4) is 0 Å². The Kier molecular flexibility index (Phi) is 5.74. The van der Waals surface area contributed by atoms with Crippen LogP contribution in [0.15, 0.2) is 54.6 Å². The molecule has 0 spiro atoms. The molecule has 0 aliphatic carbocycles. The number of aliphatic hydroxyl groups excluding tert-OH is 1. The molecule has 1 aromatic heterocycles. The van der Waals surface area contributed by atoms with Crippen molar-refractivity contribution < 1.29 is 9.90 Å². The third-order valence-corrected chi connectivity index (χ3v) is 5.33. The Morgan fingerprint density at radius 1 is 1.21 bits per heavy atom. The zero-order valence-electron chi connectivity index (χ0n) is 16.6. The molecular weight excluding hydrogens is 364 g/mol. The summed E-state index contributed by atoms with van der Waals surface area (Å²) in [5.41, 5.74) is 5.30. The number of aromatic nitrogens is 2. The van der Waals surface area contributed by atoms with Crippen LogP contribution >= 0.6 is 0 Å². The zero-order chi connectivity index (χ0) is 20.2.